The standard InChI is InChI=1S/C31H39NO10/c1-16-8-9-19-14-22-31(37)11-10-20(26-30(31,12-13-32(22)7)24(19)25(16)41-26)40-23(34)15-21(39-18(3)33)28(36)38-17(2)27(35)42-29(4,5)6/h8-10,17,21-22,26,37H,11-15H2,1-7H3/t17-,21-,22+,26-,30-,31+/m0/s1. The van der Waals surface area contributed by atoms with Crippen LogP contribution in [0.15, 0.2) is 24.0 Å². The van der Waals surface area contributed by atoms with Crippen LogP contribution in [0.1, 0.15) is 70.6 Å². The van der Waals surface area contributed by atoms with E-state index in [-0.39, 0.29) is 18.2 Å². The third kappa shape index (κ3) is 4.86. The number of hydrogen-bond donors (Lipinski definition) is 1. The van der Waals surface area contributed by atoms with Crippen molar-refractivity contribution in [1.29, 1.82) is 0 Å². The molecule has 1 saturated heterocycles. The van der Waals surface area contributed by atoms with Gasteiger partial charge in [-0.25, -0.2) is 9.59 Å². The topological polar surface area (TPSA) is 138 Å². The number of ether oxygens (including phenoxy) is 5. The molecule has 42 heavy (non-hydrogen) atoms. The van der Waals surface area contributed by atoms with Gasteiger partial charge in [-0.3, -0.25) is 9.59 Å². The smallest absolute Gasteiger partial charge is 0.348 e. The Morgan fingerprint density at radius 2 is 1.88 bits per heavy atom. The summed E-state index contributed by atoms with van der Waals surface area (Å²) in [6, 6.07) is 3.96. The van der Waals surface area contributed by atoms with E-state index in [2.05, 4.69) is 11.0 Å². The van der Waals surface area contributed by atoms with Gasteiger partial charge in [0.1, 0.15) is 17.1 Å². The van der Waals surface area contributed by atoms with Crippen molar-refractivity contribution in [2.24, 2.45) is 0 Å². The molecule has 2 heterocycles. The monoisotopic (exact) mass is 585 g/mol. The number of esters is 4. The molecular weight excluding hydrogens is 546 g/mol. The molecule has 4 aliphatic rings. The van der Waals surface area contributed by atoms with Crippen molar-refractivity contribution in [2.75, 3.05) is 13.6 Å². The number of likely N-dealkylation sites (N-methyl/N-ethyl adjacent to an activating group) is 1. The Morgan fingerprint density at radius 1 is 1.17 bits per heavy atom. The maximum absolute atomic E-state index is 13.2. The molecule has 6 atom stereocenters. The summed E-state index contributed by atoms with van der Waals surface area (Å²) < 4.78 is 27.8. The van der Waals surface area contributed by atoms with E-state index in [0.29, 0.717) is 18.6 Å². The highest BCUT2D eigenvalue weighted by atomic mass is 16.6. The molecule has 228 valence electrons. The van der Waals surface area contributed by atoms with Crippen molar-refractivity contribution in [3.05, 3.63) is 40.7 Å². The lowest BCUT2D eigenvalue weighted by Crippen LogP contribution is -2.74. The summed E-state index contributed by atoms with van der Waals surface area (Å²) in [5.74, 6) is -2.58. The van der Waals surface area contributed by atoms with E-state index in [1.54, 1.807) is 26.8 Å². The molecular formula is C31H39NO10. The van der Waals surface area contributed by atoms with Gasteiger partial charge in [0, 0.05) is 24.9 Å². The van der Waals surface area contributed by atoms with E-state index in [4.69, 9.17) is 23.7 Å². The van der Waals surface area contributed by atoms with Crippen LogP contribution >= 0.6 is 0 Å². The van der Waals surface area contributed by atoms with E-state index >= 15 is 0 Å². The second kappa shape index (κ2) is 10.4. The SMILES string of the molecule is CC(=O)O[C@@H](CC(=O)OC1=CC[C@@]2(O)[C@H]3Cc4ccc(C)c5c4[C@@]2(CCN3C)[C@H]1O5)C(=O)O[C@@H](C)C(=O)OC(C)(C)C. The van der Waals surface area contributed by atoms with E-state index in [0.717, 1.165) is 30.2 Å². The minimum atomic E-state index is -1.64. The van der Waals surface area contributed by atoms with Crippen LogP contribution in [-0.2, 0) is 50.0 Å². The van der Waals surface area contributed by atoms with Crippen LogP contribution in [0.4, 0.5) is 0 Å². The Balaban J connectivity index is 1.36. The summed E-state index contributed by atoms with van der Waals surface area (Å²) in [4.78, 5) is 52.3. The van der Waals surface area contributed by atoms with Crippen LogP contribution in [0.3, 0.4) is 0 Å². The molecule has 5 rings (SSSR count). The molecule has 11 nitrogen and oxygen atoms in total. The number of aliphatic hydroxyl groups is 1. The average Bonchev–Trinajstić information content (AvgIpc) is 3.24. The number of benzene rings is 1. The highest BCUT2D eigenvalue weighted by Gasteiger charge is 2.71. The third-order valence-electron chi connectivity index (χ3n) is 8.76. The molecule has 0 amide bonds. The first-order valence-electron chi connectivity index (χ1n) is 14.3. The fraction of sp³-hybridized carbons (Fsp3) is 0.613. The molecule has 1 aromatic carbocycles. The van der Waals surface area contributed by atoms with Gasteiger partial charge >= 0.3 is 23.9 Å². The lowest BCUT2D eigenvalue weighted by Gasteiger charge is -2.61. The Morgan fingerprint density at radius 3 is 2.55 bits per heavy atom. The van der Waals surface area contributed by atoms with Gasteiger partial charge in [-0.2, -0.15) is 0 Å². The number of carbonyl (C=O) groups excluding carboxylic acids is 4. The highest BCUT2D eigenvalue weighted by molar-refractivity contribution is 5.86. The summed E-state index contributed by atoms with van der Waals surface area (Å²) in [5.41, 5.74) is 0.292. The number of aryl methyl sites for hydroxylation is 1. The van der Waals surface area contributed by atoms with Gasteiger partial charge in [-0.05, 0) is 78.3 Å². The molecule has 1 N–H and O–H groups in total. The van der Waals surface area contributed by atoms with Gasteiger partial charge < -0.3 is 33.7 Å². The molecule has 1 fully saturated rings. The number of hydrogen-bond acceptors (Lipinski definition) is 11. The Labute approximate surface area is 245 Å². The maximum Gasteiger partial charge on any atom is 0.348 e. The summed E-state index contributed by atoms with van der Waals surface area (Å²) in [7, 11) is 2.01. The minimum Gasteiger partial charge on any atom is -0.481 e. The van der Waals surface area contributed by atoms with E-state index < -0.39 is 65.2 Å². The van der Waals surface area contributed by atoms with Crippen molar-refractivity contribution < 1.29 is 48.0 Å². The molecule has 0 aromatic heterocycles. The summed E-state index contributed by atoms with van der Waals surface area (Å²) in [6.07, 6.45) is -1.12. The molecule has 0 radical (unpaired) electrons. The van der Waals surface area contributed by atoms with E-state index in [9.17, 15) is 24.3 Å². The fourth-order valence-corrected chi connectivity index (χ4v) is 6.97. The molecule has 2 aliphatic carbocycles. The number of rotatable bonds is 7. The lowest BCUT2D eigenvalue weighted by molar-refractivity contribution is -0.183. The quantitative estimate of drug-likeness (QED) is 0.373. The number of nitrogens with zero attached hydrogens (tertiary/aromatic N) is 1. The van der Waals surface area contributed by atoms with Crippen LogP contribution < -0.4 is 4.74 Å². The van der Waals surface area contributed by atoms with Gasteiger partial charge in [-0.1, -0.05) is 12.1 Å². The zero-order valence-electron chi connectivity index (χ0n) is 25.1. The van der Waals surface area contributed by atoms with Gasteiger partial charge in [-0.15, -0.1) is 0 Å². The van der Waals surface area contributed by atoms with E-state index in [1.165, 1.54) is 6.92 Å². The number of piperidine rings is 1. The molecule has 2 bridgehead atoms. The van der Waals surface area contributed by atoms with Gasteiger partial charge in [0.05, 0.1) is 17.4 Å². The van der Waals surface area contributed by atoms with Gasteiger partial charge in [0.25, 0.3) is 0 Å². The predicted octanol–water partition coefficient (Wildman–Crippen LogP) is 2.41. The molecule has 0 unspecified atom stereocenters. The van der Waals surface area contributed by atoms with Crippen LogP contribution in [-0.4, -0.2) is 83.0 Å². The molecule has 0 saturated carbocycles. The van der Waals surface area contributed by atoms with Crippen molar-refractivity contribution in [3.8, 4) is 5.75 Å². The van der Waals surface area contributed by atoms with Crippen LogP contribution in [0.25, 0.3) is 0 Å². The summed E-state index contributed by atoms with van der Waals surface area (Å²) in [6.45, 7) is 10.1. The van der Waals surface area contributed by atoms with Crippen molar-refractivity contribution in [1.82, 2.24) is 4.90 Å². The Bertz CT molecular complexity index is 1360. The van der Waals surface area contributed by atoms with Crippen LogP contribution in [0.2, 0.25) is 0 Å². The first-order chi connectivity index (χ1) is 19.6. The second-order valence-electron chi connectivity index (χ2n) is 12.8. The van der Waals surface area contributed by atoms with Crippen molar-refractivity contribution in [2.45, 2.75) is 108 Å². The lowest BCUT2D eigenvalue weighted by atomic mass is 9.50. The maximum atomic E-state index is 13.2. The molecule has 1 aromatic rings. The van der Waals surface area contributed by atoms with Gasteiger partial charge in [0.15, 0.2) is 12.2 Å². The summed E-state index contributed by atoms with van der Waals surface area (Å²) in [5, 5.41) is 12.3. The van der Waals surface area contributed by atoms with Crippen LogP contribution in [0, 0.1) is 6.92 Å². The zero-order valence-corrected chi connectivity index (χ0v) is 25.1. The molecule has 1 spiro atoms. The molecule has 11 heteroatoms. The zero-order chi connectivity index (χ0) is 30.8. The van der Waals surface area contributed by atoms with Crippen molar-refractivity contribution >= 4 is 23.9 Å². The number of carbonyl (C=O) groups is 4. The first-order valence-corrected chi connectivity index (χ1v) is 14.3. The second-order valence-corrected chi connectivity index (χ2v) is 12.8. The average molecular weight is 586 g/mol. The minimum absolute atomic E-state index is 0.137. The first kappa shape index (κ1) is 30.0. The fourth-order valence-electron chi connectivity index (χ4n) is 6.97. The van der Waals surface area contributed by atoms with Crippen LogP contribution in [0.5, 0.6) is 5.75 Å². The van der Waals surface area contributed by atoms with Crippen molar-refractivity contribution in [3.63, 3.8) is 0 Å². The Kier molecular flexibility index (Phi) is 7.42. The van der Waals surface area contributed by atoms with E-state index in [1.807, 2.05) is 20.0 Å². The Hall–Kier alpha value is -3.44. The van der Waals surface area contributed by atoms with Gasteiger partial charge in [0.2, 0.25) is 6.10 Å². The third-order valence-corrected chi connectivity index (χ3v) is 8.76. The largest absolute Gasteiger partial charge is 0.481 e. The molecule has 2 aliphatic heterocycles. The summed E-state index contributed by atoms with van der Waals surface area (Å²) >= 11 is 0. The number of likely N-dealkylation sites (tertiary alicyclic amines) is 1. The normalized spacial score (nSPS) is 28.8. The highest BCUT2D eigenvalue weighted by Crippen LogP contribution is 2.64. The predicted molar refractivity (Wildman–Crippen MR) is 147 cm³/mol.